The monoisotopic (exact) mass is 414 g/mol. The van der Waals surface area contributed by atoms with E-state index in [-0.39, 0.29) is 18.0 Å². The van der Waals surface area contributed by atoms with Gasteiger partial charge in [-0.2, -0.15) is 15.0 Å². The molecule has 1 unspecified atom stereocenters. The zero-order valence-electron chi connectivity index (χ0n) is 16.1. The van der Waals surface area contributed by atoms with Crippen LogP contribution < -0.4 is 10.6 Å². The molecule has 2 aromatic heterocycles. The third-order valence-corrected chi connectivity index (χ3v) is 5.64. The smallest absolute Gasteiger partial charge is 0.320 e. The topological polar surface area (TPSA) is 95.9 Å². The van der Waals surface area contributed by atoms with Crippen LogP contribution in [0.15, 0.2) is 66.2 Å². The molecule has 0 saturated heterocycles. The van der Waals surface area contributed by atoms with Gasteiger partial charge < -0.3 is 15.7 Å². The molecule has 3 N–H and O–H groups in total. The summed E-state index contributed by atoms with van der Waals surface area (Å²) in [6.07, 6.45) is 0. The highest BCUT2D eigenvalue weighted by molar-refractivity contribution is 7.16. The normalized spacial score (nSPS) is 12.2. The second kappa shape index (κ2) is 7.57. The van der Waals surface area contributed by atoms with E-state index in [1.807, 2.05) is 43.3 Å². The molecule has 2 heterocycles. The molecule has 0 aliphatic rings. The maximum Gasteiger partial charge on any atom is 0.320 e. The van der Waals surface area contributed by atoms with Crippen molar-refractivity contribution in [2.24, 2.45) is 0 Å². The SMILES string of the molecule is CC(Nc1nc(O)nc(Nc2ccc3ncsc3c2)n1)c1cccc2ccccc12. The van der Waals surface area contributed by atoms with Gasteiger partial charge in [0.25, 0.3) is 0 Å². The lowest BCUT2D eigenvalue weighted by atomic mass is 10.00. The lowest BCUT2D eigenvalue weighted by Crippen LogP contribution is -2.11. The molecule has 5 rings (SSSR count). The highest BCUT2D eigenvalue weighted by atomic mass is 32.1. The molecule has 0 aliphatic carbocycles. The molecule has 0 aliphatic heterocycles. The number of hydrogen-bond acceptors (Lipinski definition) is 8. The summed E-state index contributed by atoms with van der Waals surface area (Å²) >= 11 is 1.56. The Morgan fingerprint density at radius 2 is 1.77 bits per heavy atom. The van der Waals surface area contributed by atoms with E-state index in [9.17, 15) is 5.11 Å². The Bertz CT molecular complexity index is 1350. The van der Waals surface area contributed by atoms with Crippen molar-refractivity contribution in [3.8, 4) is 6.01 Å². The van der Waals surface area contributed by atoms with E-state index in [2.05, 4.69) is 54.8 Å². The van der Waals surface area contributed by atoms with Gasteiger partial charge in [-0.15, -0.1) is 11.3 Å². The van der Waals surface area contributed by atoms with Crippen LogP contribution in [0.25, 0.3) is 21.0 Å². The van der Waals surface area contributed by atoms with Crippen LogP contribution in [0.2, 0.25) is 0 Å². The maximum absolute atomic E-state index is 10.0. The number of hydrogen-bond donors (Lipinski definition) is 3. The molecule has 0 bridgehead atoms. The Hall–Kier alpha value is -3.78. The number of thiazole rings is 1. The van der Waals surface area contributed by atoms with Gasteiger partial charge in [-0.05, 0) is 41.5 Å². The van der Waals surface area contributed by atoms with Crippen molar-refractivity contribution in [2.75, 3.05) is 10.6 Å². The third-order valence-electron chi connectivity index (χ3n) is 4.85. The van der Waals surface area contributed by atoms with Crippen LogP contribution in [-0.4, -0.2) is 25.0 Å². The number of benzene rings is 3. The van der Waals surface area contributed by atoms with Gasteiger partial charge in [0.05, 0.1) is 21.8 Å². The van der Waals surface area contributed by atoms with Gasteiger partial charge >= 0.3 is 6.01 Å². The Balaban J connectivity index is 1.41. The van der Waals surface area contributed by atoms with Gasteiger partial charge in [0.2, 0.25) is 11.9 Å². The van der Waals surface area contributed by atoms with Crippen molar-refractivity contribution in [3.63, 3.8) is 0 Å². The number of nitrogens with one attached hydrogen (secondary N) is 2. The van der Waals surface area contributed by atoms with Crippen LogP contribution in [0.5, 0.6) is 6.01 Å². The van der Waals surface area contributed by atoms with Crippen molar-refractivity contribution in [3.05, 3.63) is 71.7 Å². The summed E-state index contributed by atoms with van der Waals surface area (Å²) in [5.41, 5.74) is 4.68. The fourth-order valence-electron chi connectivity index (χ4n) is 3.45. The molecule has 5 aromatic rings. The minimum Gasteiger partial charge on any atom is -0.479 e. The fraction of sp³-hybridized carbons (Fsp3) is 0.0909. The highest BCUT2D eigenvalue weighted by Crippen LogP contribution is 2.27. The minimum absolute atomic E-state index is 0.0701. The second-order valence-corrected chi connectivity index (χ2v) is 7.76. The molecule has 8 heteroatoms. The standard InChI is InChI=1S/C22H18N6OS/c1-13(16-8-4-6-14-5-2-3-7-17(14)16)24-20-26-21(28-22(29)27-20)25-15-9-10-18-19(11-15)30-12-23-18/h2-13H,1H3,(H3,24,25,26,27,28,29). The molecule has 7 nitrogen and oxygen atoms in total. The van der Waals surface area contributed by atoms with E-state index >= 15 is 0 Å². The lowest BCUT2D eigenvalue weighted by Gasteiger charge is -2.17. The predicted molar refractivity (Wildman–Crippen MR) is 120 cm³/mol. The number of fused-ring (bicyclic) bond motifs is 2. The zero-order chi connectivity index (χ0) is 20.5. The molecule has 0 saturated carbocycles. The molecule has 0 radical (unpaired) electrons. The van der Waals surface area contributed by atoms with Crippen LogP contribution in [0.4, 0.5) is 17.6 Å². The molecule has 1 atom stereocenters. The van der Waals surface area contributed by atoms with Crippen LogP contribution in [0, 0.1) is 0 Å². The fourth-order valence-corrected chi connectivity index (χ4v) is 4.16. The van der Waals surface area contributed by atoms with E-state index in [0.717, 1.165) is 26.9 Å². The van der Waals surface area contributed by atoms with Gasteiger partial charge in [0, 0.05) is 5.69 Å². The van der Waals surface area contributed by atoms with Gasteiger partial charge in [-0.1, -0.05) is 42.5 Å². The summed E-state index contributed by atoms with van der Waals surface area (Å²) in [6, 6.07) is 19.8. The third kappa shape index (κ3) is 3.60. The van der Waals surface area contributed by atoms with Crippen molar-refractivity contribution in [1.29, 1.82) is 0 Å². The van der Waals surface area contributed by atoms with E-state index in [4.69, 9.17) is 0 Å². The summed E-state index contributed by atoms with van der Waals surface area (Å²) in [7, 11) is 0. The van der Waals surface area contributed by atoms with Crippen LogP contribution in [0.1, 0.15) is 18.5 Å². The Morgan fingerprint density at radius 3 is 2.70 bits per heavy atom. The molecule has 30 heavy (non-hydrogen) atoms. The van der Waals surface area contributed by atoms with Crippen molar-refractivity contribution in [1.82, 2.24) is 19.9 Å². The molecule has 0 spiro atoms. The van der Waals surface area contributed by atoms with Crippen LogP contribution >= 0.6 is 11.3 Å². The Kier molecular flexibility index (Phi) is 4.61. The number of anilines is 3. The maximum atomic E-state index is 10.0. The second-order valence-electron chi connectivity index (χ2n) is 6.88. The Labute approximate surface area is 176 Å². The molecule has 3 aromatic carbocycles. The quantitative estimate of drug-likeness (QED) is 0.361. The highest BCUT2D eigenvalue weighted by Gasteiger charge is 2.13. The summed E-state index contributed by atoms with van der Waals surface area (Å²) < 4.78 is 1.06. The summed E-state index contributed by atoms with van der Waals surface area (Å²) in [6.45, 7) is 2.04. The van der Waals surface area contributed by atoms with Crippen molar-refractivity contribution < 1.29 is 5.11 Å². The van der Waals surface area contributed by atoms with E-state index < -0.39 is 0 Å². The first-order chi connectivity index (χ1) is 14.7. The Morgan fingerprint density at radius 1 is 0.933 bits per heavy atom. The van der Waals surface area contributed by atoms with Gasteiger partial charge in [0.15, 0.2) is 0 Å². The minimum atomic E-state index is -0.348. The number of nitrogens with zero attached hydrogens (tertiary/aromatic N) is 4. The average molecular weight is 414 g/mol. The van der Waals surface area contributed by atoms with Crippen molar-refractivity contribution >= 4 is 49.9 Å². The molecule has 0 fully saturated rings. The largest absolute Gasteiger partial charge is 0.479 e. The summed E-state index contributed by atoms with van der Waals surface area (Å²) in [5, 5.41) is 18.7. The van der Waals surface area contributed by atoms with Gasteiger partial charge in [-0.3, -0.25) is 0 Å². The number of rotatable bonds is 5. The van der Waals surface area contributed by atoms with Crippen LogP contribution in [0.3, 0.4) is 0 Å². The number of aromatic nitrogens is 4. The molecular weight excluding hydrogens is 396 g/mol. The molecule has 148 valence electrons. The van der Waals surface area contributed by atoms with Crippen molar-refractivity contribution in [2.45, 2.75) is 13.0 Å². The van der Waals surface area contributed by atoms with E-state index in [0.29, 0.717) is 5.95 Å². The molecule has 0 amide bonds. The average Bonchev–Trinajstić information content (AvgIpc) is 3.21. The predicted octanol–water partition coefficient (Wildman–Crippen LogP) is 5.26. The van der Waals surface area contributed by atoms with Crippen LogP contribution in [-0.2, 0) is 0 Å². The summed E-state index contributed by atoms with van der Waals surface area (Å²) in [4.78, 5) is 16.7. The van der Waals surface area contributed by atoms with E-state index in [1.54, 1.807) is 16.8 Å². The van der Waals surface area contributed by atoms with Gasteiger partial charge in [0.1, 0.15) is 0 Å². The molecular formula is C22H18N6OS. The van der Waals surface area contributed by atoms with E-state index in [1.165, 1.54) is 5.39 Å². The first-order valence-corrected chi connectivity index (χ1v) is 10.3. The van der Waals surface area contributed by atoms with Gasteiger partial charge in [-0.25, -0.2) is 4.98 Å². The first kappa shape index (κ1) is 18.3. The zero-order valence-corrected chi connectivity index (χ0v) is 16.9. The summed E-state index contributed by atoms with van der Waals surface area (Å²) in [5.74, 6) is 0.559. The first-order valence-electron chi connectivity index (χ1n) is 9.45. The number of aromatic hydroxyl groups is 1. The lowest BCUT2D eigenvalue weighted by molar-refractivity contribution is 0.430.